The Morgan fingerprint density at radius 2 is 1.76 bits per heavy atom. The molecule has 15 heteroatoms. The first-order valence-electron chi connectivity index (χ1n) is 18.3. The highest BCUT2D eigenvalue weighted by atomic mass is 32.2. The van der Waals surface area contributed by atoms with Crippen molar-refractivity contribution in [3.8, 4) is 0 Å². The molecule has 3 saturated carbocycles. The van der Waals surface area contributed by atoms with Gasteiger partial charge in [-0.2, -0.15) is 0 Å². The summed E-state index contributed by atoms with van der Waals surface area (Å²) >= 11 is 0. The zero-order chi connectivity index (χ0) is 35.9. The molecule has 7 rings (SSSR count). The lowest BCUT2D eigenvalue weighted by atomic mass is 9.96. The number of fused-ring (bicyclic) bond motifs is 3. The van der Waals surface area contributed by atoms with Gasteiger partial charge in [-0.15, -0.1) is 6.58 Å². The maximum Gasteiger partial charge on any atom is 0.410 e. The third kappa shape index (κ3) is 7.31. The molecule has 51 heavy (non-hydrogen) atoms. The number of alkyl carbamates (subject to hydrolysis) is 1. The minimum absolute atomic E-state index is 0.0476. The summed E-state index contributed by atoms with van der Waals surface area (Å²) in [7, 11) is -3.89. The van der Waals surface area contributed by atoms with Crippen LogP contribution in [0.25, 0.3) is 0 Å². The third-order valence-corrected chi connectivity index (χ3v) is 13.3. The van der Waals surface area contributed by atoms with E-state index in [-0.39, 0.29) is 31.9 Å². The zero-order valence-corrected chi connectivity index (χ0v) is 29.6. The molecule has 3 heterocycles. The van der Waals surface area contributed by atoms with Crippen molar-refractivity contribution >= 4 is 39.9 Å². The van der Waals surface area contributed by atoms with Gasteiger partial charge < -0.3 is 25.0 Å². The van der Waals surface area contributed by atoms with Gasteiger partial charge >= 0.3 is 12.2 Å². The van der Waals surface area contributed by atoms with Crippen LogP contribution in [-0.4, -0.2) is 90.3 Å². The van der Waals surface area contributed by atoms with E-state index in [0.29, 0.717) is 45.2 Å². The lowest BCUT2D eigenvalue weighted by Crippen LogP contribution is -2.59. The van der Waals surface area contributed by atoms with Crippen LogP contribution in [0.5, 0.6) is 0 Å². The van der Waals surface area contributed by atoms with Gasteiger partial charge in [0.05, 0.1) is 18.4 Å². The molecule has 1 aromatic rings. The standard InChI is InChI=1S/C36H47N5O9S/c1-2-25-18-36(25,33(44)39-51(47,48)27-14-15-27)38-31(42)29-17-26-20-41(29)32(43)30(23-10-5-6-11-23)37-34(45)49-16-7-3-4-9-22-12-8-13-24-19-40(21-28(22)24)35(46)50-26/h2,8,12-13,23,25-27,29-30H,1,3-7,9-11,14-21H2,(H,37,45)(H,38,42)(H,39,44)/t25-,26-,29+,30+,36-/m1/s1. The monoisotopic (exact) mass is 725 g/mol. The molecule has 4 fully saturated rings. The number of hydrogen-bond acceptors (Lipinski definition) is 9. The number of nitrogens with one attached hydrogen (secondary N) is 3. The van der Waals surface area contributed by atoms with Gasteiger partial charge in [0.1, 0.15) is 23.7 Å². The number of amides is 5. The van der Waals surface area contributed by atoms with Crippen LogP contribution >= 0.6 is 0 Å². The maximum atomic E-state index is 14.5. The fraction of sp³-hybridized carbons (Fsp3) is 0.639. The van der Waals surface area contributed by atoms with Gasteiger partial charge in [-0.1, -0.05) is 37.1 Å². The number of benzene rings is 1. The van der Waals surface area contributed by atoms with Gasteiger partial charge in [0.25, 0.3) is 5.91 Å². The van der Waals surface area contributed by atoms with Crippen LogP contribution in [-0.2, 0) is 53.4 Å². The molecule has 6 aliphatic rings. The van der Waals surface area contributed by atoms with E-state index in [1.807, 2.05) is 12.1 Å². The largest absolute Gasteiger partial charge is 0.450 e. The molecule has 0 aromatic heterocycles. The Morgan fingerprint density at radius 3 is 2.49 bits per heavy atom. The van der Waals surface area contributed by atoms with Crippen molar-refractivity contribution < 1.29 is 41.9 Å². The van der Waals surface area contributed by atoms with Crippen molar-refractivity contribution in [2.24, 2.45) is 11.8 Å². The molecule has 3 aliphatic heterocycles. The van der Waals surface area contributed by atoms with Gasteiger partial charge in [-0.3, -0.25) is 24.0 Å². The first kappa shape index (κ1) is 35.3. The molecule has 5 atom stereocenters. The molecular weight excluding hydrogens is 678 g/mol. The van der Waals surface area contributed by atoms with E-state index < -0.39 is 74.8 Å². The Labute approximate surface area is 298 Å². The highest BCUT2D eigenvalue weighted by Gasteiger charge is 2.62. The summed E-state index contributed by atoms with van der Waals surface area (Å²) in [6.45, 7) is 4.63. The number of ether oxygens (including phenoxy) is 2. The normalized spacial score (nSPS) is 30.3. The minimum atomic E-state index is -3.89. The van der Waals surface area contributed by atoms with Gasteiger partial charge in [0.2, 0.25) is 21.8 Å². The van der Waals surface area contributed by atoms with Crippen LogP contribution in [0.15, 0.2) is 30.9 Å². The van der Waals surface area contributed by atoms with Crippen LogP contribution in [0.2, 0.25) is 0 Å². The molecule has 5 amide bonds. The summed E-state index contributed by atoms with van der Waals surface area (Å²) in [5.74, 6) is -2.73. The van der Waals surface area contributed by atoms with Gasteiger partial charge in [-0.25, -0.2) is 18.0 Å². The number of carbonyl (C=O) groups excluding carboxylic acids is 5. The molecule has 3 aliphatic carbocycles. The van der Waals surface area contributed by atoms with Gasteiger partial charge in [0, 0.05) is 25.4 Å². The lowest BCUT2D eigenvalue weighted by molar-refractivity contribution is -0.142. The summed E-state index contributed by atoms with van der Waals surface area (Å²) in [5.41, 5.74) is 1.75. The van der Waals surface area contributed by atoms with Crippen molar-refractivity contribution in [3.63, 3.8) is 0 Å². The fourth-order valence-corrected chi connectivity index (χ4v) is 9.61. The Hall–Kier alpha value is -4.14. The van der Waals surface area contributed by atoms with Crippen molar-refractivity contribution in [2.45, 2.75) is 119 Å². The molecule has 0 spiro atoms. The Morgan fingerprint density at radius 1 is 1.00 bits per heavy atom. The third-order valence-electron chi connectivity index (χ3n) is 11.4. The highest BCUT2D eigenvalue weighted by Crippen LogP contribution is 2.45. The molecule has 4 bridgehead atoms. The smallest absolute Gasteiger partial charge is 0.410 e. The van der Waals surface area contributed by atoms with E-state index in [2.05, 4.69) is 28.0 Å². The quantitative estimate of drug-likeness (QED) is 0.357. The predicted octanol–water partition coefficient (Wildman–Crippen LogP) is 2.79. The van der Waals surface area contributed by atoms with Crippen molar-refractivity contribution in [1.29, 1.82) is 0 Å². The van der Waals surface area contributed by atoms with E-state index in [1.165, 1.54) is 11.0 Å². The summed E-state index contributed by atoms with van der Waals surface area (Å²) in [4.78, 5) is 71.7. The number of hydrogen-bond donors (Lipinski definition) is 3. The maximum absolute atomic E-state index is 14.5. The first-order chi connectivity index (χ1) is 24.5. The van der Waals surface area contributed by atoms with Crippen LogP contribution in [0, 0.1) is 11.8 Å². The molecule has 0 unspecified atom stereocenters. The fourth-order valence-electron chi connectivity index (χ4n) is 8.24. The predicted molar refractivity (Wildman–Crippen MR) is 183 cm³/mol. The Kier molecular flexibility index (Phi) is 9.76. The highest BCUT2D eigenvalue weighted by molar-refractivity contribution is 7.91. The number of aryl methyl sites for hydroxylation is 1. The number of nitrogens with zero attached hydrogens (tertiary/aromatic N) is 2. The van der Waals surface area contributed by atoms with Crippen molar-refractivity contribution in [2.75, 3.05) is 13.2 Å². The Bertz CT molecular complexity index is 1710. The van der Waals surface area contributed by atoms with Crippen molar-refractivity contribution in [3.05, 3.63) is 47.5 Å². The second kappa shape index (κ2) is 14.1. The van der Waals surface area contributed by atoms with Crippen LogP contribution in [0.3, 0.4) is 0 Å². The number of sulfonamides is 1. The van der Waals surface area contributed by atoms with Gasteiger partial charge in [0.15, 0.2) is 0 Å². The average molecular weight is 726 g/mol. The number of carbonyl (C=O) groups is 5. The average Bonchev–Trinajstić information content (AvgIpc) is 3.88. The molecule has 0 radical (unpaired) electrons. The minimum Gasteiger partial charge on any atom is -0.450 e. The second-order valence-corrected chi connectivity index (χ2v) is 16.9. The van der Waals surface area contributed by atoms with E-state index in [4.69, 9.17) is 9.47 Å². The van der Waals surface area contributed by atoms with Gasteiger partial charge in [-0.05, 0) is 80.4 Å². The topological polar surface area (TPSA) is 181 Å². The van der Waals surface area contributed by atoms with E-state index in [0.717, 1.165) is 48.8 Å². The number of rotatable bonds is 7. The lowest BCUT2D eigenvalue weighted by Gasteiger charge is -2.32. The summed E-state index contributed by atoms with van der Waals surface area (Å²) in [6, 6.07) is 3.91. The van der Waals surface area contributed by atoms with E-state index >= 15 is 0 Å². The summed E-state index contributed by atoms with van der Waals surface area (Å²) in [5, 5.41) is 4.92. The molecule has 3 N–H and O–H groups in total. The number of cyclic esters (lactones) is 1. The van der Waals surface area contributed by atoms with E-state index in [1.54, 1.807) is 4.90 Å². The van der Waals surface area contributed by atoms with Crippen LogP contribution < -0.4 is 15.4 Å². The second-order valence-electron chi connectivity index (χ2n) is 15.0. The summed E-state index contributed by atoms with van der Waals surface area (Å²) < 4.78 is 39.0. The zero-order valence-electron chi connectivity index (χ0n) is 28.8. The molecule has 276 valence electrons. The van der Waals surface area contributed by atoms with Crippen LogP contribution in [0.4, 0.5) is 9.59 Å². The van der Waals surface area contributed by atoms with Crippen LogP contribution in [0.1, 0.15) is 87.3 Å². The first-order valence-corrected chi connectivity index (χ1v) is 19.8. The van der Waals surface area contributed by atoms with Crippen molar-refractivity contribution in [1.82, 2.24) is 25.2 Å². The summed E-state index contributed by atoms with van der Waals surface area (Å²) in [6.07, 6.45) is 6.78. The Balaban J connectivity index is 1.15. The molecule has 14 nitrogen and oxygen atoms in total. The van der Waals surface area contributed by atoms with E-state index in [9.17, 15) is 32.4 Å². The SMILES string of the molecule is C=C[C@@H]1C[C@]1(NC(=O)[C@@H]1C[C@@H]2CN1C(=O)[C@H](C1CCCC1)NC(=O)OCCCCCc1cccc3c1CN(C3)C(=O)O2)C(=O)NS(=O)(=O)C1CC1. The molecule has 1 saturated heterocycles. The molecule has 1 aromatic carbocycles. The molecular formula is C36H47N5O9S.